The van der Waals surface area contributed by atoms with Gasteiger partial charge in [-0.1, -0.05) is 26.0 Å². The van der Waals surface area contributed by atoms with Gasteiger partial charge in [-0.3, -0.25) is 4.79 Å². The molecule has 6 heteroatoms. The lowest BCUT2D eigenvalue weighted by Gasteiger charge is -2.17. The van der Waals surface area contributed by atoms with E-state index in [0.717, 1.165) is 12.1 Å². The quantitative estimate of drug-likeness (QED) is 0.774. The summed E-state index contributed by atoms with van der Waals surface area (Å²) in [6.45, 7) is 5.85. The summed E-state index contributed by atoms with van der Waals surface area (Å²) in [5.74, 6) is -0.795. The first-order chi connectivity index (χ1) is 8.01. The van der Waals surface area contributed by atoms with E-state index in [2.05, 4.69) is 10.3 Å². The zero-order chi connectivity index (χ0) is 13.0. The SMILES string of the molecule is CCC(CO)n1nnc(CC(=O)O)c1C(C)C. The number of carboxylic acids is 1. The van der Waals surface area contributed by atoms with Gasteiger partial charge in [-0.05, 0) is 12.3 Å². The van der Waals surface area contributed by atoms with E-state index in [0.29, 0.717) is 5.69 Å². The second-order valence-corrected chi connectivity index (χ2v) is 4.34. The van der Waals surface area contributed by atoms with Crippen LogP contribution in [0, 0.1) is 0 Å². The van der Waals surface area contributed by atoms with Crippen LogP contribution in [0.3, 0.4) is 0 Å². The standard InChI is InChI=1S/C11H19N3O3/c1-4-8(6-15)14-11(7(2)3)9(12-13-14)5-10(16)17/h7-8,15H,4-6H2,1-3H3,(H,16,17). The molecule has 0 aliphatic heterocycles. The van der Waals surface area contributed by atoms with Crippen LogP contribution in [0.2, 0.25) is 0 Å². The van der Waals surface area contributed by atoms with Gasteiger partial charge in [0.1, 0.15) is 0 Å². The lowest BCUT2D eigenvalue weighted by molar-refractivity contribution is -0.136. The van der Waals surface area contributed by atoms with Crippen LogP contribution in [0.15, 0.2) is 0 Å². The predicted molar refractivity (Wildman–Crippen MR) is 61.9 cm³/mol. The summed E-state index contributed by atoms with van der Waals surface area (Å²) < 4.78 is 1.66. The number of aliphatic hydroxyl groups is 1. The molecule has 0 fully saturated rings. The van der Waals surface area contributed by atoms with Gasteiger partial charge < -0.3 is 10.2 Å². The van der Waals surface area contributed by atoms with Crippen LogP contribution in [0.4, 0.5) is 0 Å². The van der Waals surface area contributed by atoms with E-state index in [1.807, 2.05) is 20.8 Å². The fourth-order valence-corrected chi connectivity index (χ4v) is 1.85. The van der Waals surface area contributed by atoms with Crippen molar-refractivity contribution in [1.29, 1.82) is 0 Å². The first kappa shape index (κ1) is 13.6. The van der Waals surface area contributed by atoms with E-state index >= 15 is 0 Å². The van der Waals surface area contributed by atoms with Gasteiger partial charge in [-0.15, -0.1) is 5.10 Å². The molecule has 1 unspecified atom stereocenters. The molecular formula is C11H19N3O3. The molecule has 1 atom stereocenters. The molecule has 96 valence electrons. The Bertz CT molecular complexity index is 383. The highest BCUT2D eigenvalue weighted by Gasteiger charge is 2.22. The summed E-state index contributed by atoms with van der Waals surface area (Å²) in [5, 5.41) is 26.0. The number of nitrogens with zero attached hydrogens (tertiary/aromatic N) is 3. The molecule has 1 aromatic heterocycles. The van der Waals surface area contributed by atoms with Crippen LogP contribution in [0.5, 0.6) is 0 Å². The molecule has 0 saturated carbocycles. The Morgan fingerprint density at radius 3 is 2.53 bits per heavy atom. The van der Waals surface area contributed by atoms with Crippen molar-refractivity contribution in [2.75, 3.05) is 6.61 Å². The van der Waals surface area contributed by atoms with Gasteiger partial charge in [0.15, 0.2) is 0 Å². The first-order valence-corrected chi connectivity index (χ1v) is 5.77. The third-order valence-electron chi connectivity index (χ3n) is 2.70. The van der Waals surface area contributed by atoms with Gasteiger partial charge in [0.05, 0.1) is 30.5 Å². The molecule has 0 aliphatic carbocycles. The third kappa shape index (κ3) is 3.03. The van der Waals surface area contributed by atoms with E-state index in [1.54, 1.807) is 4.68 Å². The maximum absolute atomic E-state index is 10.7. The van der Waals surface area contributed by atoms with Gasteiger partial charge in [-0.25, -0.2) is 4.68 Å². The minimum atomic E-state index is -0.920. The topological polar surface area (TPSA) is 88.2 Å². The zero-order valence-electron chi connectivity index (χ0n) is 10.4. The molecule has 0 aliphatic rings. The van der Waals surface area contributed by atoms with E-state index in [-0.39, 0.29) is 25.0 Å². The Labute approximate surface area is 100 Å². The summed E-state index contributed by atoms with van der Waals surface area (Å²) in [6, 6.07) is -0.137. The van der Waals surface area contributed by atoms with E-state index in [4.69, 9.17) is 5.11 Å². The van der Waals surface area contributed by atoms with Gasteiger partial charge in [-0.2, -0.15) is 0 Å². The highest BCUT2D eigenvalue weighted by atomic mass is 16.4. The van der Waals surface area contributed by atoms with Crippen molar-refractivity contribution in [3.63, 3.8) is 0 Å². The number of carboxylic acid groups (broad SMARTS) is 1. The minimum Gasteiger partial charge on any atom is -0.481 e. The van der Waals surface area contributed by atoms with Crippen molar-refractivity contribution in [3.05, 3.63) is 11.4 Å². The first-order valence-electron chi connectivity index (χ1n) is 5.77. The molecule has 1 aromatic rings. The highest BCUT2D eigenvalue weighted by molar-refractivity contribution is 5.69. The van der Waals surface area contributed by atoms with Gasteiger partial charge in [0, 0.05) is 0 Å². The molecule has 0 amide bonds. The Morgan fingerprint density at radius 2 is 2.12 bits per heavy atom. The monoisotopic (exact) mass is 241 g/mol. The molecule has 1 heterocycles. The number of aliphatic hydroxyl groups excluding tert-OH is 1. The third-order valence-corrected chi connectivity index (χ3v) is 2.70. The maximum Gasteiger partial charge on any atom is 0.309 e. The Hall–Kier alpha value is -1.43. The fourth-order valence-electron chi connectivity index (χ4n) is 1.85. The van der Waals surface area contributed by atoms with E-state index in [9.17, 15) is 9.90 Å². The molecule has 0 bridgehead atoms. The van der Waals surface area contributed by atoms with Gasteiger partial charge >= 0.3 is 5.97 Å². The second kappa shape index (κ2) is 5.77. The van der Waals surface area contributed by atoms with Crippen molar-refractivity contribution in [1.82, 2.24) is 15.0 Å². The van der Waals surface area contributed by atoms with Gasteiger partial charge in [0.2, 0.25) is 0 Å². The van der Waals surface area contributed by atoms with Crippen LogP contribution in [0.1, 0.15) is 50.5 Å². The zero-order valence-corrected chi connectivity index (χ0v) is 10.4. The van der Waals surface area contributed by atoms with E-state index < -0.39 is 5.97 Å². The second-order valence-electron chi connectivity index (χ2n) is 4.34. The molecule has 0 radical (unpaired) electrons. The summed E-state index contributed by atoms with van der Waals surface area (Å²) in [7, 11) is 0. The van der Waals surface area contributed by atoms with Crippen molar-refractivity contribution < 1.29 is 15.0 Å². The van der Waals surface area contributed by atoms with Crippen LogP contribution in [0.25, 0.3) is 0 Å². The average molecular weight is 241 g/mol. The Balaban J connectivity index is 3.14. The molecule has 6 nitrogen and oxygen atoms in total. The molecule has 1 rings (SSSR count). The summed E-state index contributed by atoms with van der Waals surface area (Å²) in [6.07, 6.45) is 0.599. The van der Waals surface area contributed by atoms with Crippen LogP contribution in [-0.4, -0.2) is 37.8 Å². The predicted octanol–water partition coefficient (Wildman–Crippen LogP) is 0.972. The highest BCUT2D eigenvalue weighted by Crippen LogP contribution is 2.22. The summed E-state index contributed by atoms with van der Waals surface area (Å²) >= 11 is 0. The number of carbonyl (C=O) groups is 1. The smallest absolute Gasteiger partial charge is 0.309 e. The summed E-state index contributed by atoms with van der Waals surface area (Å²) in [5.41, 5.74) is 1.28. The lowest BCUT2D eigenvalue weighted by atomic mass is 10.1. The molecular weight excluding hydrogens is 222 g/mol. The maximum atomic E-state index is 10.7. The van der Waals surface area contributed by atoms with Crippen molar-refractivity contribution in [3.8, 4) is 0 Å². The normalized spacial score (nSPS) is 13.0. The van der Waals surface area contributed by atoms with Crippen LogP contribution in [-0.2, 0) is 11.2 Å². The van der Waals surface area contributed by atoms with Crippen molar-refractivity contribution in [2.24, 2.45) is 0 Å². The molecule has 0 aromatic carbocycles. The average Bonchev–Trinajstić information content (AvgIpc) is 2.63. The van der Waals surface area contributed by atoms with E-state index in [1.165, 1.54) is 0 Å². The molecule has 17 heavy (non-hydrogen) atoms. The fraction of sp³-hybridized carbons (Fsp3) is 0.727. The minimum absolute atomic E-state index is 0.0217. The van der Waals surface area contributed by atoms with Crippen molar-refractivity contribution >= 4 is 5.97 Å². The number of aliphatic carboxylic acids is 1. The van der Waals surface area contributed by atoms with Crippen molar-refractivity contribution in [2.45, 2.75) is 45.6 Å². The largest absolute Gasteiger partial charge is 0.481 e. The molecule has 0 spiro atoms. The van der Waals surface area contributed by atoms with Crippen LogP contribution >= 0.6 is 0 Å². The molecule has 2 N–H and O–H groups in total. The van der Waals surface area contributed by atoms with Crippen LogP contribution < -0.4 is 0 Å². The number of hydrogen-bond donors (Lipinski definition) is 2. The number of rotatable bonds is 6. The molecule has 0 saturated heterocycles. The number of aromatic nitrogens is 3. The van der Waals surface area contributed by atoms with Gasteiger partial charge in [0.25, 0.3) is 0 Å². The summed E-state index contributed by atoms with van der Waals surface area (Å²) in [4.78, 5) is 10.7. The number of hydrogen-bond acceptors (Lipinski definition) is 4. The lowest BCUT2D eigenvalue weighted by Crippen LogP contribution is -2.18. The Kier molecular flexibility index (Phi) is 4.62. The Morgan fingerprint density at radius 1 is 1.47 bits per heavy atom.